The molecule has 1 aliphatic rings. The molecule has 1 N–H and O–H groups in total. The zero-order chi connectivity index (χ0) is 17.3. The molecule has 124 valence electrons. The molecule has 0 aromatic heterocycles. The molecule has 0 spiro atoms. The van der Waals surface area contributed by atoms with Crippen molar-refractivity contribution in [1.29, 1.82) is 0 Å². The Bertz CT molecular complexity index is 812. The van der Waals surface area contributed by atoms with E-state index in [4.69, 9.17) is 44.3 Å². The normalized spacial score (nSPS) is 16.0. The van der Waals surface area contributed by atoms with Gasteiger partial charge in [0.25, 0.3) is 0 Å². The SMILES string of the molecule is O=C(Oc1cc(Cl)cc(Cl)c1)C1=Cc2cc(CCl)ccc2OC1O. The average Bonchev–Trinajstić information content (AvgIpc) is 2.52. The molecule has 2 aromatic rings. The summed E-state index contributed by atoms with van der Waals surface area (Å²) < 4.78 is 10.6. The second kappa shape index (κ2) is 7.03. The number of ether oxygens (including phenoxy) is 2. The Morgan fingerprint density at radius 1 is 1.17 bits per heavy atom. The van der Waals surface area contributed by atoms with Crippen LogP contribution in [0.2, 0.25) is 10.0 Å². The first-order chi connectivity index (χ1) is 11.5. The molecule has 1 heterocycles. The first kappa shape index (κ1) is 17.1. The number of esters is 1. The Balaban J connectivity index is 1.89. The van der Waals surface area contributed by atoms with E-state index in [2.05, 4.69) is 0 Å². The first-order valence-electron chi connectivity index (χ1n) is 6.90. The molecule has 24 heavy (non-hydrogen) atoms. The van der Waals surface area contributed by atoms with E-state index in [1.54, 1.807) is 18.2 Å². The summed E-state index contributed by atoms with van der Waals surface area (Å²) in [6, 6.07) is 9.65. The predicted molar refractivity (Wildman–Crippen MR) is 92.7 cm³/mol. The number of carbonyl (C=O) groups is 1. The van der Waals surface area contributed by atoms with Crippen LogP contribution in [0.25, 0.3) is 6.08 Å². The van der Waals surface area contributed by atoms with Crippen molar-refractivity contribution < 1.29 is 19.4 Å². The smallest absolute Gasteiger partial charge is 0.345 e. The lowest BCUT2D eigenvalue weighted by Gasteiger charge is -2.22. The summed E-state index contributed by atoms with van der Waals surface area (Å²) >= 11 is 17.5. The summed E-state index contributed by atoms with van der Waals surface area (Å²) in [6.45, 7) is 0. The summed E-state index contributed by atoms with van der Waals surface area (Å²) in [5.41, 5.74) is 1.46. The van der Waals surface area contributed by atoms with Crippen molar-refractivity contribution in [3.05, 3.63) is 63.1 Å². The molecule has 0 bridgehead atoms. The van der Waals surface area contributed by atoms with Gasteiger partial charge < -0.3 is 14.6 Å². The van der Waals surface area contributed by atoms with Crippen LogP contribution in [0.5, 0.6) is 11.5 Å². The molecule has 0 fully saturated rings. The molecule has 7 heteroatoms. The molecule has 1 aliphatic heterocycles. The summed E-state index contributed by atoms with van der Waals surface area (Å²) in [4.78, 5) is 12.3. The number of fused-ring (bicyclic) bond motifs is 1. The predicted octanol–water partition coefficient (Wildman–Crippen LogP) is 4.43. The highest BCUT2D eigenvalue weighted by Gasteiger charge is 2.27. The van der Waals surface area contributed by atoms with E-state index in [1.165, 1.54) is 24.3 Å². The van der Waals surface area contributed by atoms with Crippen LogP contribution in [-0.4, -0.2) is 17.4 Å². The number of alkyl halides is 1. The Morgan fingerprint density at radius 2 is 1.88 bits per heavy atom. The van der Waals surface area contributed by atoms with E-state index in [0.29, 0.717) is 27.2 Å². The Hall–Kier alpha value is -1.72. The van der Waals surface area contributed by atoms with Gasteiger partial charge in [-0.05, 0) is 42.0 Å². The monoisotopic (exact) mass is 384 g/mol. The minimum atomic E-state index is -1.43. The topological polar surface area (TPSA) is 55.8 Å². The number of carbonyl (C=O) groups excluding carboxylic acids is 1. The van der Waals surface area contributed by atoms with Crippen molar-refractivity contribution in [1.82, 2.24) is 0 Å². The third-order valence-electron chi connectivity index (χ3n) is 3.33. The van der Waals surface area contributed by atoms with E-state index in [-0.39, 0.29) is 11.3 Å². The third-order valence-corrected chi connectivity index (χ3v) is 4.07. The highest BCUT2D eigenvalue weighted by Crippen LogP contribution is 2.31. The number of hydrogen-bond acceptors (Lipinski definition) is 4. The molecule has 1 unspecified atom stereocenters. The third kappa shape index (κ3) is 3.68. The summed E-state index contributed by atoms with van der Waals surface area (Å²) in [6.07, 6.45) is 0.0788. The molecule has 4 nitrogen and oxygen atoms in total. The second-order valence-corrected chi connectivity index (χ2v) is 6.21. The van der Waals surface area contributed by atoms with Gasteiger partial charge in [-0.1, -0.05) is 29.3 Å². The molecule has 0 radical (unpaired) electrons. The maximum Gasteiger partial charge on any atom is 0.345 e. The van der Waals surface area contributed by atoms with Gasteiger partial charge in [0, 0.05) is 21.5 Å². The standard InChI is InChI=1S/C17H11Cl3O4/c18-8-9-1-2-15-10(3-9)4-14(17(22)24-15)16(21)23-13-6-11(19)5-12(20)7-13/h1-7,17,22H,8H2. The minimum Gasteiger partial charge on any atom is -0.460 e. The van der Waals surface area contributed by atoms with E-state index < -0.39 is 12.3 Å². The Morgan fingerprint density at radius 3 is 2.54 bits per heavy atom. The number of halogens is 3. The van der Waals surface area contributed by atoms with Crippen LogP contribution < -0.4 is 9.47 Å². The summed E-state index contributed by atoms with van der Waals surface area (Å²) in [7, 11) is 0. The van der Waals surface area contributed by atoms with Crippen molar-refractivity contribution in [2.24, 2.45) is 0 Å². The van der Waals surface area contributed by atoms with Crippen molar-refractivity contribution in [2.75, 3.05) is 0 Å². The number of hydrogen-bond donors (Lipinski definition) is 1. The maximum absolute atomic E-state index is 12.3. The van der Waals surface area contributed by atoms with Crippen LogP contribution in [0.3, 0.4) is 0 Å². The van der Waals surface area contributed by atoms with E-state index >= 15 is 0 Å². The lowest BCUT2D eigenvalue weighted by molar-refractivity contribution is -0.133. The van der Waals surface area contributed by atoms with Gasteiger partial charge in [0.2, 0.25) is 6.29 Å². The number of aliphatic hydroxyl groups excluding tert-OH is 1. The van der Waals surface area contributed by atoms with Crippen molar-refractivity contribution >= 4 is 46.8 Å². The van der Waals surface area contributed by atoms with Gasteiger partial charge >= 0.3 is 5.97 Å². The quantitative estimate of drug-likeness (QED) is 0.482. The summed E-state index contributed by atoms with van der Waals surface area (Å²) in [5, 5.41) is 10.7. The van der Waals surface area contributed by atoms with Crippen molar-refractivity contribution in [3.63, 3.8) is 0 Å². The van der Waals surface area contributed by atoms with Gasteiger partial charge in [-0.25, -0.2) is 4.79 Å². The largest absolute Gasteiger partial charge is 0.460 e. The van der Waals surface area contributed by atoms with Crippen molar-refractivity contribution in [2.45, 2.75) is 12.2 Å². The van der Waals surface area contributed by atoms with Crippen LogP contribution in [0.1, 0.15) is 11.1 Å². The second-order valence-electron chi connectivity index (χ2n) is 5.07. The van der Waals surface area contributed by atoms with Crippen molar-refractivity contribution in [3.8, 4) is 11.5 Å². The van der Waals surface area contributed by atoms with Gasteiger partial charge in [-0.2, -0.15) is 0 Å². The van der Waals surface area contributed by atoms with Gasteiger partial charge in [-0.3, -0.25) is 0 Å². The van der Waals surface area contributed by atoms with Gasteiger partial charge in [0.15, 0.2) is 0 Å². The van der Waals surface area contributed by atoms with Crippen LogP contribution in [0.15, 0.2) is 42.0 Å². The minimum absolute atomic E-state index is 0.0367. The number of rotatable bonds is 3. The fourth-order valence-corrected chi connectivity index (χ4v) is 2.91. The molecule has 0 aliphatic carbocycles. The van der Waals surface area contributed by atoms with Crippen LogP contribution in [-0.2, 0) is 10.7 Å². The van der Waals surface area contributed by atoms with Gasteiger partial charge in [0.1, 0.15) is 17.1 Å². The maximum atomic E-state index is 12.3. The molecular weight excluding hydrogens is 375 g/mol. The molecule has 0 saturated heterocycles. The first-order valence-corrected chi connectivity index (χ1v) is 8.19. The van der Waals surface area contributed by atoms with Crippen LogP contribution >= 0.6 is 34.8 Å². The van der Waals surface area contributed by atoms with Gasteiger partial charge in [0.05, 0.1) is 0 Å². The molecule has 1 atom stereocenters. The zero-order valence-electron chi connectivity index (χ0n) is 12.1. The molecule has 2 aromatic carbocycles. The van der Waals surface area contributed by atoms with Gasteiger partial charge in [-0.15, -0.1) is 11.6 Å². The molecule has 3 rings (SSSR count). The lowest BCUT2D eigenvalue weighted by Crippen LogP contribution is -2.29. The van der Waals surface area contributed by atoms with E-state index in [1.807, 2.05) is 0 Å². The molecule has 0 amide bonds. The molecular formula is C17H11Cl3O4. The lowest BCUT2D eigenvalue weighted by atomic mass is 10.0. The Kier molecular flexibility index (Phi) is 5.01. The van der Waals surface area contributed by atoms with Crippen LogP contribution in [0.4, 0.5) is 0 Å². The fraction of sp³-hybridized carbons (Fsp3) is 0.118. The fourth-order valence-electron chi connectivity index (χ4n) is 2.24. The molecule has 0 saturated carbocycles. The highest BCUT2D eigenvalue weighted by molar-refractivity contribution is 6.34. The van der Waals surface area contributed by atoms with E-state index in [0.717, 1.165) is 5.56 Å². The highest BCUT2D eigenvalue weighted by atomic mass is 35.5. The number of aliphatic hydroxyl groups is 1. The van der Waals surface area contributed by atoms with E-state index in [9.17, 15) is 9.90 Å². The van der Waals surface area contributed by atoms with Crippen LogP contribution in [0, 0.1) is 0 Å². The average molecular weight is 386 g/mol. The number of benzene rings is 2. The zero-order valence-corrected chi connectivity index (χ0v) is 14.4. The Labute approximate surface area is 153 Å². The summed E-state index contributed by atoms with van der Waals surface area (Å²) in [5.74, 6) is 0.192.